The predicted octanol–water partition coefficient (Wildman–Crippen LogP) is 2.67. The number of nitrogens with zero attached hydrogens (tertiary/aromatic N) is 2. The second-order valence-corrected chi connectivity index (χ2v) is 4.73. The van der Waals surface area contributed by atoms with Crippen LogP contribution in [-0.2, 0) is 0 Å². The van der Waals surface area contributed by atoms with E-state index in [9.17, 15) is 9.50 Å². The first-order chi connectivity index (χ1) is 7.58. The van der Waals surface area contributed by atoms with Crippen LogP contribution >= 0.6 is 22.6 Å². The first kappa shape index (κ1) is 11.5. The van der Waals surface area contributed by atoms with E-state index >= 15 is 0 Å². The van der Waals surface area contributed by atoms with Gasteiger partial charge < -0.3 is 5.11 Å². The molecule has 1 heterocycles. The minimum atomic E-state index is -0.729. The van der Waals surface area contributed by atoms with Crippen LogP contribution in [-0.4, -0.2) is 14.9 Å². The van der Waals surface area contributed by atoms with Crippen LogP contribution in [0.4, 0.5) is 4.39 Å². The summed E-state index contributed by atoms with van der Waals surface area (Å²) in [6, 6.07) is 4.30. The molecule has 0 fully saturated rings. The van der Waals surface area contributed by atoms with Crippen LogP contribution in [0, 0.1) is 9.39 Å². The van der Waals surface area contributed by atoms with Crippen LogP contribution in [0.2, 0.25) is 0 Å². The van der Waals surface area contributed by atoms with Crippen molar-refractivity contribution in [3.63, 3.8) is 0 Å². The molecule has 2 rings (SSSR count). The van der Waals surface area contributed by atoms with Gasteiger partial charge in [-0.25, -0.2) is 9.07 Å². The Bertz CT molecular complexity index is 510. The molecular weight excluding hydrogens is 322 g/mol. The number of rotatable bonds is 2. The zero-order valence-corrected chi connectivity index (χ0v) is 10.7. The number of hydrogen-bond donors (Lipinski definition) is 1. The summed E-state index contributed by atoms with van der Waals surface area (Å²) in [4.78, 5) is 0. The van der Waals surface area contributed by atoms with E-state index in [2.05, 4.69) is 27.7 Å². The van der Waals surface area contributed by atoms with Crippen LogP contribution in [0.25, 0.3) is 5.69 Å². The quantitative estimate of drug-likeness (QED) is 0.859. The normalized spacial score (nSPS) is 12.8. The lowest BCUT2D eigenvalue weighted by Crippen LogP contribution is -2.03. The summed E-state index contributed by atoms with van der Waals surface area (Å²) in [5, 5.41) is 13.7. The summed E-state index contributed by atoms with van der Waals surface area (Å²) in [6.45, 7) is 1.60. The summed E-state index contributed by atoms with van der Waals surface area (Å²) in [7, 11) is 0. The number of halogens is 2. The number of aliphatic hydroxyl groups excluding tert-OH is 1. The van der Waals surface area contributed by atoms with Crippen LogP contribution in [0.15, 0.2) is 30.6 Å². The van der Waals surface area contributed by atoms with Gasteiger partial charge in [0.25, 0.3) is 0 Å². The number of aromatic nitrogens is 2. The molecular formula is C11H10FIN2O. The van der Waals surface area contributed by atoms with Crippen molar-refractivity contribution in [3.05, 3.63) is 45.5 Å². The molecule has 0 saturated heterocycles. The van der Waals surface area contributed by atoms with E-state index in [-0.39, 0.29) is 5.82 Å². The second-order valence-electron chi connectivity index (χ2n) is 3.48. The van der Waals surface area contributed by atoms with Crippen molar-refractivity contribution in [1.29, 1.82) is 0 Å². The minimum Gasteiger partial charge on any atom is -0.389 e. The fraction of sp³-hybridized carbons (Fsp3) is 0.182. The van der Waals surface area contributed by atoms with Crippen LogP contribution in [0.5, 0.6) is 0 Å². The largest absolute Gasteiger partial charge is 0.389 e. The molecule has 0 bridgehead atoms. The summed E-state index contributed by atoms with van der Waals surface area (Å²) >= 11 is 2.14. The molecule has 0 saturated carbocycles. The van der Waals surface area contributed by atoms with Gasteiger partial charge in [0.15, 0.2) is 0 Å². The molecule has 0 radical (unpaired) electrons. The van der Waals surface area contributed by atoms with E-state index in [1.807, 2.05) is 6.20 Å². The summed E-state index contributed by atoms with van der Waals surface area (Å²) in [5.74, 6) is -0.360. The van der Waals surface area contributed by atoms with Gasteiger partial charge in [0, 0.05) is 11.8 Å². The first-order valence-electron chi connectivity index (χ1n) is 4.76. The molecule has 3 nitrogen and oxygen atoms in total. The van der Waals surface area contributed by atoms with Gasteiger partial charge in [-0.1, -0.05) is 0 Å². The van der Waals surface area contributed by atoms with Crippen molar-refractivity contribution in [1.82, 2.24) is 9.78 Å². The van der Waals surface area contributed by atoms with E-state index in [1.54, 1.807) is 23.9 Å². The smallest absolute Gasteiger partial charge is 0.123 e. The summed E-state index contributed by atoms with van der Waals surface area (Å²) in [6.07, 6.45) is 2.79. The highest BCUT2D eigenvalue weighted by molar-refractivity contribution is 14.1. The summed E-state index contributed by atoms with van der Waals surface area (Å²) in [5.41, 5.74) is 1.22. The molecule has 0 unspecified atom stereocenters. The molecule has 0 amide bonds. The lowest BCUT2D eigenvalue weighted by Gasteiger charge is -2.11. The predicted molar refractivity (Wildman–Crippen MR) is 66.9 cm³/mol. The Kier molecular flexibility index (Phi) is 3.25. The third kappa shape index (κ3) is 2.25. The molecule has 1 N–H and O–H groups in total. The highest BCUT2D eigenvalue weighted by Gasteiger charge is 2.11. The zero-order chi connectivity index (χ0) is 11.7. The topological polar surface area (TPSA) is 38.0 Å². The average molecular weight is 332 g/mol. The maximum atomic E-state index is 13.1. The Morgan fingerprint density at radius 3 is 2.81 bits per heavy atom. The van der Waals surface area contributed by atoms with E-state index in [0.717, 1.165) is 3.57 Å². The van der Waals surface area contributed by atoms with Crippen LogP contribution in [0.3, 0.4) is 0 Å². The average Bonchev–Trinajstić information content (AvgIpc) is 2.64. The van der Waals surface area contributed by atoms with Crippen molar-refractivity contribution in [2.45, 2.75) is 13.0 Å². The Balaban J connectivity index is 2.56. The third-order valence-corrected chi connectivity index (χ3v) is 2.79. The highest BCUT2D eigenvalue weighted by Crippen LogP contribution is 2.22. The zero-order valence-electron chi connectivity index (χ0n) is 8.56. The second kappa shape index (κ2) is 4.50. The van der Waals surface area contributed by atoms with Crippen LogP contribution < -0.4 is 0 Å². The van der Waals surface area contributed by atoms with Crippen molar-refractivity contribution in [2.24, 2.45) is 0 Å². The molecule has 1 aromatic heterocycles. The molecule has 0 aliphatic carbocycles. The molecule has 1 atom stereocenters. The number of hydrogen-bond acceptors (Lipinski definition) is 2. The first-order valence-corrected chi connectivity index (χ1v) is 5.84. The van der Waals surface area contributed by atoms with E-state index < -0.39 is 6.10 Å². The van der Waals surface area contributed by atoms with Crippen molar-refractivity contribution >= 4 is 22.6 Å². The van der Waals surface area contributed by atoms with E-state index in [0.29, 0.717) is 11.3 Å². The van der Waals surface area contributed by atoms with Gasteiger partial charge in [-0.15, -0.1) is 0 Å². The standard InChI is InChI=1S/C11H10FIN2O/c1-7(16)10-4-8(12)2-3-11(10)15-6-9(13)5-14-15/h2-7,16H,1H3/t7-/m0/s1. The maximum Gasteiger partial charge on any atom is 0.123 e. The van der Waals surface area contributed by atoms with Crippen molar-refractivity contribution < 1.29 is 9.50 Å². The van der Waals surface area contributed by atoms with Crippen molar-refractivity contribution in [3.8, 4) is 5.69 Å². The van der Waals surface area contributed by atoms with E-state index in [1.165, 1.54) is 12.1 Å². The lowest BCUT2D eigenvalue weighted by molar-refractivity contribution is 0.198. The Morgan fingerprint density at radius 1 is 1.50 bits per heavy atom. The molecule has 1 aromatic carbocycles. The fourth-order valence-corrected chi connectivity index (χ4v) is 1.89. The third-order valence-electron chi connectivity index (χ3n) is 2.24. The molecule has 0 spiro atoms. The van der Waals surface area contributed by atoms with Gasteiger partial charge in [0.2, 0.25) is 0 Å². The van der Waals surface area contributed by atoms with Crippen molar-refractivity contribution in [2.75, 3.05) is 0 Å². The highest BCUT2D eigenvalue weighted by atomic mass is 127. The van der Waals surface area contributed by atoms with Gasteiger partial charge in [0.05, 0.1) is 21.6 Å². The Labute approximate surface area is 106 Å². The van der Waals surface area contributed by atoms with Gasteiger partial charge >= 0.3 is 0 Å². The number of aliphatic hydroxyl groups is 1. The Hall–Kier alpha value is -0.950. The maximum absolute atomic E-state index is 13.1. The summed E-state index contributed by atoms with van der Waals surface area (Å²) < 4.78 is 15.7. The molecule has 5 heteroatoms. The lowest BCUT2D eigenvalue weighted by atomic mass is 10.1. The van der Waals surface area contributed by atoms with E-state index in [4.69, 9.17) is 0 Å². The molecule has 0 aliphatic rings. The minimum absolute atomic E-state index is 0.360. The monoisotopic (exact) mass is 332 g/mol. The van der Waals surface area contributed by atoms with Crippen LogP contribution in [0.1, 0.15) is 18.6 Å². The van der Waals surface area contributed by atoms with Gasteiger partial charge in [-0.2, -0.15) is 5.10 Å². The van der Waals surface area contributed by atoms with Gasteiger partial charge in [-0.05, 0) is 47.7 Å². The van der Waals surface area contributed by atoms with Gasteiger partial charge in [-0.3, -0.25) is 0 Å². The molecule has 0 aliphatic heterocycles. The number of benzene rings is 1. The Morgan fingerprint density at radius 2 is 2.25 bits per heavy atom. The molecule has 16 heavy (non-hydrogen) atoms. The fourth-order valence-electron chi connectivity index (χ4n) is 1.50. The molecule has 84 valence electrons. The molecule has 2 aromatic rings. The van der Waals surface area contributed by atoms with Gasteiger partial charge in [0.1, 0.15) is 5.82 Å². The SMILES string of the molecule is C[C@H](O)c1cc(F)ccc1-n1cc(I)cn1.